The molecule has 1 aliphatic rings. The molecule has 8 heteroatoms. The van der Waals surface area contributed by atoms with Gasteiger partial charge in [0, 0.05) is 45.0 Å². The third kappa shape index (κ3) is 6.69. The van der Waals surface area contributed by atoms with Crippen LogP contribution in [0.15, 0.2) is 29.4 Å². The number of hydrogen-bond donors (Lipinski definition) is 1. The van der Waals surface area contributed by atoms with Gasteiger partial charge in [0.05, 0.1) is 13.2 Å². The zero-order valence-electron chi connectivity index (χ0n) is 13.4. The topological polar surface area (TPSA) is 84.0 Å². The van der Waals surface area contributed by atoms with Crippen molar-refractivity contribution in [3.63, 3.8) is 0 Å². The summed E-state index contributed by atoms with van der Waals surface area (Å²) in [5, 5.41) is 0. The number of carbonyl (C=O) groups excluding carboxylic acids is 1. The predicted molar refractivity (Wildman–Crippen MR) is 99.9 cm³/mol. The van der Waals surface area contributed by atoms with Crippen molar-refractivity contribution in [2.45, 2.75) is 6.42 Å². The molecule has 2 N–H and O–H groups in total. The van der Waals surface area contributed by atoms with Gasteiger partial charge in [-0.1, -0.05) is 6.07 Å². The molecule has 2 heterocycles. The van der Waals surface area contributed by atoms with Crippen molar-refractivity contribution < 1.29 is 9.53 Å². The Morgan fingerprint density at radius 3 is 2.83 bits per heavy atom. The molecule has 1 aromatic heterocycles. The van der Waals surface area contributed by atoms with Gasteiger partial charge in [-0.25, -0.2) is 4.99 Å². The first-order valence-corrected chi connectivity index (χ1v) is 7.43. The first-order chi connectivity index (χ1) is 10.7. The fourth-order valence-electron chi connectivity index (χ4n) is 2.11. The molecule has 0 radical (unpaired) electrons. The molecule has 0 aliphatic carbocycles. The molecule has 2 rings (SSSR count). The van der Waals surface area contributed by atoms with Gasteiger partial charge in [-0.2, -0.15) is 0 Å². The summed E-state index contributed by atoms with van der Waals surface area (Å²) < 4.78 is 5.25. The Morgan fingerprint density at radius 1 is 1.43 bits per heavy atom. The van der Waals surface area contributed by atoms with E-state index in [1.807, 2.05) is 23.1 Å². The van der Waals surface area contributed by atoms with E-state index in [4.69, 9.17) is 10.5 Å². The van der Waals surface area contributed by atoms with Crippen LogP contribution >= 0.6 is 24.0 Å². The number of morpholine rings is 1. The van der Waals surface area contributed by atoms with E-state index in [1.54, 1.807) is 18.1 Å². The lowest BCUT2D eigenvalue weighted by atomic mass is 10.2. The smallest absolute Gasteiger partial charge is 0.244 e. The van der Waals surface area contributed by atoms with Crippen LogP contribution in [0.25, 0.3) is 0 Å². The quantitative estimate of drug-likeness (QED) is 0.412. The summed E-state index contributed by atoms with van der Waals surface area (Å²) in [5.74, 6) is 0.363. The lowest BCUT2D eigenvalue weighted by molar-refractivity contribution is -0.128. The molecule has 0 bridgehead atoms. The molecular weight excluding hydrogens is 409 g/mol. The number of rotatable bonds is 5. The van der Waals surface area contributed by atoms with Crippen molar-refractivity contribution in [3.8, 4) is 0 Å². The minimum absolute atomic E-state index is 0. The lowest BCUT2D eigenvalue weighted by Crippen LogP contribution is -2.45. The molecule has 1 saturated heterocycles. The van der Waals surface area contributed by atoms with Crippen molar-refractivity contribution in [2.24, 2.45) is 10.7 Å². The van der Waals surface area contributed by atoms with Crippen LogP contribution in [-0.2, 0) is 16.0 Å². The van der Waals surface area contributed by atoms with Gasteiger partial charge in [0.2, 0.25) is 5.91 Å². The fraction of sp³-hybridized carbons (Fsp3) is 0.533. The minimum atomic E-state index is -0.0489. The highest BCUT2D eigenvalue weighted by molar-refractivity contribution is 14.0. The Hall–Kier alpha value is -1.42. The summed E-state index contributed by atoms with van der Waals surface area (Å²) >= 11 is 0. The zero-order valence-corrected chi connectivity index (χ0v) is 15.7. The van der Waals surface area contributed by atoms with E-state index in [0.717, 1.165) is 25.2 Å². The van der Waals surface area contributed by atoms with Gasteiger partial charge in [-0.3, -0.25) is 9.78 Å². The Balaban J connectivity index is 0.00000264. The van der Waals surface area contributed by atoms with E-state index in [0.29, 0.717) is 25.7 Å². The summed E-state index contributed by atoms with van der Waals surface area (Å²) in [6, 6.07) is 5.77. The van der Waals surface area contributed by atoms with Crippen molar-refractivity contribution in [3.05, 3.63) is 30.1 Å². The number of guanidine groups is 1. The number of carbonyl (C=O) groups is 1. The van der Waals surface area contributed by atoms with Crippen LogP contribution in [0.2, 0.25) is 0 Å². The van der Waals surface area contributed by atoms with Gasteiger partial charge in [-0.15, -0.1) is 24.0 Å². The first kappa shape index (κ1) is 19.6. The number of aromatic nitrogens is 1. The molecule has 7 nitrogen and oxygen atoms in total. The van der Waals surface area contributed by atoms with Gasteiger partial charge in [0.15, 0.2) is 5.96 Å². The highest BCUT2D eigenvalue weighted by Crippen LogP contribution is 1.99. The average Bonchev–Trinajstić information content (AvgIpc) is 2.58. The van der Waals surface area contributed by atoms with Crippen LogP contribution in [0, 0.1) is 0 Å². The maximum Gasteiger partial charge on any atom is 0.244 e. The molecule has 0 aromatic carbocycles. The third-order valence-corrected chi connectivity index (χ3v) is 3.57. The molecule has 0 unspecified atom stereocenters. The summed E-state index contributed by atoms with van der Waals surface area (Å²) in [6.07, 6.45) is 2.48. The third-order valence-electron chi connectivity index (χ3n) is 3.57. The molecule has 1 fully saturated rings. The Labute approximate surface area is 153 Å². The fourth-order valence-corrected chi connectivity index (χ4v) is 2.11. The second-order valence-electron chi connectivity index (χ2n) is 5.16. The van der Waals surface area contributed by atoms with E-state index >= 15 is 0 Å². The van der Waals surface area contributed by atoms with Crippen molar-refractivity contribution in [1.82, 2.24) is 14.8 Å². The van der Waals surface area contributed by atoms with Crippen LogP contribution in [0.5, 0.6) is 0 Å². The van der Waals surface area contributed by atoms with E-state index in [9.17, 15) is 4.79 Å². The number of amides is 1. The molecule has 1 amide bonds. The summed E-state index contributed by atoms with van der Waals surface area (Å²) in [7, 11) is 1.77. The molecule has 23 heavy (non-hydrogen) atoms. The van der Waals surface area contributed by atoms with Gasteiger partial charge < -0.3 is 20.3 Å². The minimum Gasteiger partial charge on any atom is -0.378 e. The zero-order chi connectivity index (χ0) is 15.8. The highest BCUT2D eigenvalue weighted by atomic mass is 127. The molecule has 128 valence electrons. The molecule has 0 saturated carbocycles. The molecule has 1 aliphatic heterocycles. The molecule has 0 spiro atoms. The van der Waals surface area contributed by atoms with Gasteiger partial charge in [0.1, 0.15) is 6.54 Å². The number of aliphatic imine (C=N–C) groups is 1. The summed E-state index contributed by atoms with van der Waals surface area (Å²) in [6.45, 7) is 3.42. The summed E-state index contributed by atoms with van der Waals surface area (Å²) in [5.41, 5.74) is 6.87. The number of nitrogens with two attached hydrogens (primary N) is 1. The maximum absolute atomic E-state index is 12.1. The Bertz CT molecular complexity index is 506. The Kier molecular flexibility index (Phi) is 8.85. The van der Waals surface area contributed by atoms with E-state index < -0.39 is 0 Å². The second-order valence-corrected chi connectivity index (χ2v) is 5.16. The number of nitrogens with zero attached hydrogens (tertiary/aromatic N) is 4. The molecule has 0 atom stereocenters. The van der Waals surface area contributed by atoms with E-state index in [-0.39, 0.29) is 36.4 Å². The van der Waals surface area contributed by atoms with Gasteiger partial charge >= 0.3 is 0 Å². The van der Waals surface area contributed by atoms with Crippen LogP contribution in [0.4, 0.5) is 0 Å². The van der Waals surface area contributed by atoms with Crippen molar-refractivity contribution in [2.75, 3.05) is 46.4 Å². The van der Waals surface area contributed by atoms with Crippen molar-refractivity contribution >= 4 is 35.8 Å². The Morgan fingerprint density at radius 2 is 2.17 bits per heavy atom. The van der Waals surface area contributed by atoms with Gasteiger partial charge in [0.25, 0.3) is 0 Å². The van der Waals surface area contributed by atoms with Gasteiger partial charge in [-0.05, 0) is 12.1 Å². The summed E-state index contributed by atoms with van der Waals surface area (Å²) in [4.78, 5) is 24.1. The van der Waals surface area contributed by atoms with Crippen molar-refractivity contribution in [1.29, 1.82) is 0 Å². The predicted octanol–water partition coefficient (Wildman–Crippen LogP) is 0.347. The number of likely N-dealkylation sites (N-methyl/N-ethyl adjacent to an activating group) is 1. The number of halogens is 1. The number of hydrogen-bond acceptors (Lipinski definition) is 4. The SMILES string of the molecule is CN(CCc1ccccn1)C(=O)CN=C(N)N1CCOCC1.I. The lowest BCUT2D eigenvalue weighted by Gasteiger charge is -2.27. The highest BCUT2D eigenvalue weighted by Gasteiger charge is 2.13. The van der Waals surface area contributed by atoms with Crippen LogP contribution in [-0.4, -0.2) is 73.1 Å². The van der Waals surface area contributed by atoms with Crippen LogP contribution in [0.3, 0.4) is 0 Å². The maximum atomic E-state index is 12.1. The monoisotopic (exact) mass is 433 g/mol. The van der Waals surface area contributed by atoms with Crippen LogP contribution in [0.1, 0.15) is 5.69 Å². The van der Waals surface area contributed by atoms with Crippen LogP contribution < -0.4 is 5.73 Å². The second kappa shape index (κ2) is 10.4. The number of pyridine rings is 1. The molecule has 1 aromatic rings. The van der Waals surface area contributed by atoms with E-state index in [2.05, 4.69) is 9.98 Å². The average molecular weight is 433 g/mol. The first-order valence-electron chi connectivity index (χ1n) is 7.43. The largest absolute Gasteiger partial charge is 0.378 e. The standard InChI is InChI=1S/C15H23N5O2.HI/c1-19(7-5-13-4-2-3-6-17-13)14(21)12-18-15(16)20-8-10-22-11-9-20;/h2-4,6H,5,7-12H2,1H3,(H2,16,18);1H. The van der Waals surface area contributed by atoms with E-state index in [1.165, 1.54) is 0 Å². The molecular formula is C15H24IN5O2. The number of ether oxygens (including phenoxy) is 1. The normalized spacial score (nSPS) is 15.0.